The quantitative estimate of drug-likeness (QED) is 0.851. The van der Waals surface area contributed by atoms with E-state index in [0.29, 0.717) is 0 Å². The zero-order chi connectivity index (χ0) is 12.3. The Morgan fingerprint density at radius 3 is 2.12 bits per heavy atom. The molecule has 0 N–H and O–H groups in total. The fourth-order valence-corrected chi connectivity index (χ4v) is 2.51. The number of hydrogen-bond donors (Lipinski definition) is 0. The second-order valence-corrected chi connectivity index (χ2v) is 5.28. The summed E-state index contributed by atoms with van der Waals surface area (Å²) in [6.45, 7) is 2.82. The van der Waals surface area contributed by atoms with Gasteiger partial charge in [0.25, 0.3) is 0 Å². The van der Waals surface area contributed by atoms with Crippen molar-refractivity contribution in [2.75, 3.05) is 27.3 Å². The molecule has 2 unspecified atom stereocenters. The summed E-state index contributed by atoms with van der Waals surface area (Å²) in [6, 6.07) is 8.44. The molecule has 0 saturated carbocycles. The number of nitrogens with zero attached hydrogens (tertiary/aromatic N) is 1. The first-order valence-electron chi connectivity index (χ1n) is 5.75. The Kier molecular flexibility index (Phi) is 4.56. The first kappa shape index (κ1) is 13.0. The van der Waals surface area contributed by atoms with Gasteiger partial charge in [0.2, 0.25) is 0 Å². The molecule has 17 heavy (non-hydrogen) atoms. The van der Waals surface area contributed by atoms with E-state index in [4.69, 9.17) is 9.47 Å². The zero-order valence-electron chi connectivity index (χ0n) is 10.2. The van der Waals surface area contributed by atoms with Crippen LogP contribution in [-0.4, -0.2) is 44.4 Å². The largest absolute Gasteiger partial charge is 0.377 e. The van der Waals surface area contributed by atoms with Crippen LogP contribution in [0.2, 0.25) is 0 Å². The molecule has 2 atom stereocenters. The van der Waals surface area contributed by atoms with Crippen LogP contribution in [0.5, 0.6) is 0 Å². The van der Waals surface area contributed by atoms with Gasteiger partial charge < -0.3 is 9.47 Å². The van der Waals surface area contributed by atoms with Crippen molar-refractivity contribution in [1.82, 2.24) is 4.90 Å². The number of ether oxygens (including phenoxy) is 2. The number of methoxy groups -OCH3 is 2. The second kappa shape index (κ2) is 5.96. The van der Waals surface area contributed by atoms with Crippen LogP contribution in [-0.2, 0) is 16.0 Å². The summed E-state index contributed by atoms with van der Waals surface area (Å²) in [6.07, 6.45) is 0.380. The highest BCUT2D eigenvalue weighted by atomic mass is 79.9. The van der Waals surface area contributed by atoms with Crippen LogP contribution in [0.25, 0.3) is 0 Å². The number of rotatable bonds is 4. The molecule has 0 bridgehead atoms. The van der Waals surface area contributed by atoms with Gasteiger partial charge >= 0.3 is 0 Å². The van der Waals surface area contributed by atoms with Gasteiger partial charge in [-0.2, -0.15) is 0 Å². The molecule has 4 heteroatoms. The standard InChI is InChI=1S/C13H18BrNO2/c1-16-12-8-15(9-13(12)17-2)7-10-3-5-11(14)6-4-10/h3-6,12-13H,7-9H2,1-2H3. The average Bonchev–Trinajstić information content (AvgIpc) is 2.74. The number of likely N-dealkylation sites (tertiary alicyclic amines) is 1. The summed E-state index contributed by atoms with van der Waals surface area (Å²) < 4.78 is 12.0. The molecular weight excluding hydrogens is 282 g/mol. The second-order valence-electron chi connectivity index (χ2n) is 4.37. The highest BCUT2D eigenvalue weighted by Gasteiger charge is 2.32. The van der Waals surface area contributed by atoms with Crippen LogP contribution in [0.1, 0.15) is 5.56 Å². The lowest BCUT2D eigenvalue weighted by Crippen LogP contribution is -2.27. The molecule has 0 spiro atoms. The van der Waals surface area contributed by atoms with Crippen molar-refractivity contribution in [3.05, 3.63) is 34.3 Å². The SMILES string of the molecule is COC1CN(Cc2ccc(Br)cc2)CC1OC. The third kappa shape index (κ3) is 3.28. The molecule has 94 valence electrons. The maximum Gasteiger partial charge on any atom is 0.0971 e. The maximum absolute atomic E-state index is 5.43. The predicted molar refractivity (Wildman–Crippen MR) is 71.0 cm³/mol. The van der Waals surface area contributed by atoms with E-state index in [-0.39, 0.29) is 12.2 Å². The number of hydrogen-bond acceptors (Lipinski definition) is 3. The molecule has 0 radical (unpaired) electrons. The summed E-state index contributed by atoms with van der Waals surface area (Å²) >= 11 is 3.45. The Labute approximate surface area is 111 Å². The van der Waals surface area contributed by atoms with E-state index in [2.05, 4.69) is 45.1 Å². The molecule has 1 saturated heterocycles. The summed E-state index contributed by atoms with van der Waals surface area (Å²) in [5, 5.41) is 0. The lowest BCUT2D eigenvalue weighted by molar-refractivity contribution is -0.00461. The average molecular weight is 300 g/mol. The van der Waals surface area contributed by atoms with Crippen LogP contribution < -0.4 is 0 Å². The first-order valence-corrected chi connectivity index (χ1v) is 6.54. The highest BCUT2D eigenvalue weighted by molar-refractivity contribution is 9.10. The lowest BCUT2D eigenvalue weighted by atomic mass is 10.2. The van der Waals surface area contributed by atoms with Gasteiger partial charge in [-0.05, 0) is 17.7 Å². The third-order valence-corrected chi connectivity index (χ3v) is 3.74. The molecule has 0 amide bonds. The Hall–Kier alpha value is -0.420. The van der Waals surface area contributed by atoms with Crippen LogP contribution in [0.4, 0.5) is 0 Å². The normalized spacial score (nSPS) is 25.4. The molecule has 1 fully saturated rings. The number of halogens is 1. The lowest BCUT2D eigenvalue weighted by Gasteiger charge is -2.15. The third-order valence-electron chi connectivity index (χ3n) is 3.22. The summed E-state index contributed by atoms with van der Waals surface area (Å²) in [5.74, 6) is 0. The van der Waals surface area contributed by atoms with E-state index < -0.39 is 0 Å². The van der Waals surface area contributed by atoms with E-state index in [1.807, 2.05) is 0 Å². The van der Waals surface area contributed by atoms with Crippen LogP contribution >= 0.6 is 15.9 Å². The minimum atomic E-state index is 0.190. The van der Waals surface area contributed by atoms with Crippen LogP contribution in [0.3, 0.4) is 0 Å². The van der Waals surface area contributed by atoms with E-state index in [9.17, 15) is 0 Å². The fourth-order valence-electron chi connectivity index (χ4n) is 2.25. The smallest absolute Gasteiger partial charge is 0.0971 e. The summed E-state index contributed by atoms with van der Waals surface area (Å²) in [4.78, 5) is 2.37. The number of benzene rings is 1. The maximum atomic E-state index is 5.43. The van der Waals surface area contributed by atoms with E-state index in [1.165, 1.54) is 5.56 Å². The van der Waals surface area contributed by atoms with Gasteiger partial charge in [-0.15, -0.1) is 0 Å². The van der Waals surface area contributed by atoms with Crippen molar-refractivity contribution < 1.29 is 9.47 Å². The molecule has 1 aliphatic rings. The Bertz CT molecular complexity index is 343. The van der Waals surface area contributed by atoms with E-state index in [1.54, 1.807) is 14.2 Å². The van der Waals surface area contributed by atoms with Gasteiger partial charge in [-0.25, -0.2) is 0 Å². The van der Waals surface area contributed by atoms with Crippen molar-refractivity contribution in [3.63, 3.8) is 0 Å². The summed E-state index contributed by atoms with van der Waals surface area (Å²) in [7, 11) is 3.50. The Balaban J connectivity index is 1.94. The van der Waals surface area contributed by atoms with Crippen molar-refractivity contribution in [2.24, 2.45) is 0 Å². The Morgan fingerprint density at radius 2 is 1.65 bits per heavy atom. The first-order chi connectivity index (χ1) is 8.22. The molecule has 3 nitrogen and oxygen atoms in total. The van der Waals surface area contributed by atoms with Crippen molar-refractivity contribution in [1.29, 1.82) is 0 Å². The molecule has 0 aromatic heterocycles. The van der Waals surface area contributed by atoms with Crippen molar-refractivity contribution >= 4 is 15.9 Å². The molecular formula is C13H18BrNO2. The van der Waals surface area contributed by atoms with E-state index >= 15 is 0 Å². The van der Waals surface area contributed by atoms with Crippen LogP contribution in [0, 0.1) is 0 Å². The fraction of sp³-hybridized carbons (Fsp3) is 0.538. The Morgan fingerprint density at radius 1 is 1.12 bits per heavy atom. The van der Waals surface area contributed by atoms with Crippen molar-refractivity contribution in [2.45, 2.75) is 18.8 Å². The minimum absolute atomic E-state index is 0.190. The minimum Gasteiger partial charge on any atom is -0.377 e. The zero-order valence-corrected chi connectivity index (χ0v) is 11.8. The molecule has 1 heterocycles. The van der Waals surface area contributed by atoms with Gasteiger partial charge in [-0.3, -0.25) is 4.90 Å². The highest BCUT2D eigenvalue weighted by Crippen LogP contribution is 2.19. The van der Waals surface area contributed by atoms with E-state index in [0.717, 1.165) is 24.1 Å². The van der Waals surface area contributed by atoms with Crippen LogP contribution in [0.15, 0.2) is 28.7 Å². The molecule has 0 aliphatic carbocycles. The van der Waals surface area contributed by atoms with Gasteiger partial charge in [0.1, 0.15) is 0 Å². The van der Waals surface area contributed by atoms with Gasteiger partial charge in [0.15, 0.2) is 0 Å². The van der Waals surface area contributed by atoms with Gasteiger partial charge in [0, 0.05) is 38.3 Å². The monoisotopic (exact) mass is 299 g/mol. The van der Waals surface area contributed by atoms with Crippen molar-refractivity contribution in [3.8, 4) is 0 Å². The molecule has 1 aliphatic heterocycles. The molecule has 2 rings (SSSR count). The predicted octanol–water partition coefficient (Wildman–Crippen LogP) is 2.29. The molecule has 1 aromatic carbocycles. The van der Waals surface area contributed by atoms with Gasteiger partial charge in [0.05, 0.1) is 12.2 Å². The topological polar surface area (TPSA) is 21.7 Å². The summed E-state index contributed by atoms with van der Waals surface area (Å²) in [5.41, 5.74) is 1.32. The van der Waals surface area contributed by atoms with Gasteiger partial charge in [-0.1, -0.05) is 28.1 Å². The molecule has 1 aromatic rings.